The molecule has 1 aromatic heterocycles. The summed E-state index contributed by atoms with van der Waals surface area (Å²) < 4.78 is 26.4. The smallest absolute Gasteiger partial charge is 0.244 e. The molecule has 2 heterocycles. The van der Waals surface area contributed by atoms with Crippen molar-refractivity contribution in [1.82, 2.24) is 9.29 Å². The van der Waals surface area contributed by atoms with E-state index in [9.17, 15) is 8.42 Å². The Bertz CT molecular complexity index is 564. The van der Waals surface area contributed by atoms with Crippen LogP contribution in [0.3, 0.4) is 0 Å². The molecule has 0 radical (unpaired) electrons. The molecule has 2 rings (SSSR count). The van der Waals surface area contributed by atoms with Crippen molar-refractivity contribution in [1.29, 1.82) is 0 Å². The minimum atomic E-state index is -3.52. The van der Waals surface area contributed by atoms with E-state index in [-0.39, 0.29) is 15.7 Å². The van der Waals surface area contributed by atoms with Gasteiger partial charge in [-0.25, -0.2) is 19.2 Å². The first-order valence-corrected chi connectivity index (χ1v) is 7.89. The van der Waals surface area contributed by atoms with Gasteiger partial charge in [0.25, 0.3) is 0 Å². The zero-order chi connectivity index (χ0) is 14.0. The second-order valence-electron chi connectivity index (χ2n) is 4.76. The molecule has 0 bridgehead atoms. The van der Waals surface area contributed by atoms with Gasteiger partial charge in [-0.15, -0.1) is 0 Å². The number of nitrogen functional groups attached to an aromatic ring is 1. The number of anilines is 1. The molecule has 0 aliphatic carbocycles. The molecule has 1 atom stereocenters. The van der Waals surface area contributed by atoms with Gasteiger partial charge >= 0.3 is 0 Å². The Morgan fingerprint density at radius 1 is 1.58 bits per heavy atom. The number of aromatic nitrogens is 1. The zero-order valence-corrected chi connectivity index (χ0v) is 12.2. The summed E-state index contributed by atoms with van der Waals surface area (Å²) in [4.78, 5) is 4.01. The second-order valence-corrected chi connectivity index (χ2v) is 7.10. The summed E-state index contributed by atoms with van der Waals surface area (Å²) in [5.41, 5.74) is 2.31. The minimum absolute atomic E-state index is 0.102. The predicted molar refractivity (Wildman–Crippen MR) is 74.2 cm³/mol. The van der Waals surface area contributed by atoms with E-state index in [1.807, 2.05) is 6.92 Å². The number of sulfonamides is 1. The fourth-order valence-corrected chi connectivity index (χ4v) is 4.04. The van der Waals surface area contributed by atoms with Gasteiger partial charge in [0.05, 0.1) is 5.02 Å². The van der Waals surface area contributed by atoms with Crippen molar-refractivity contribution < 1.29 is 8.42 Å². The van der Waals surface area contributed by atoms with Crippen LogP contribution in [0.25, 0.3) is 0 Å². The molecule has 106 valence electrons. The molecule has 1 unspecified atom stereocenters. The number of nitrogens with two attached hydrogens (primary N) is 1. The summed E-state index contributed by atoms with van der Waals surface area (Å²) >= 11 is 5.92. The van der Waals surface area contributed by atoms with Crippen LogP contribution in [0.1, 0.15) is 19.8 Å². The molecule has 1 aromatic rings. The molecule has 0 spiro atoms. The maximum Gasteiger partial charge on any atom is 0.244 e. The molecule has 1 aliphatic heterocycles. The Labute approximate surface area is 118 Å². The molecular formula is C11H17ClN4O2S. The third-order valence-corrected chi connectivity index (χ3v) is 5.33. The van der Waals surface area contributed by atoms with E-state index in [4.69, 9.17) is 17.4 Å². The van der Waals surface area contributed by atoms with Gasteiger partial charge in [0, 0.05) is 19.3 Å². The van der Waals surface area contributed by atoms with Crippen molar-refractivity contribution in [2.45, 2.75) is 24.7 Å². The number of rotatable bonds is 3. The highest BCUT2D eigenvalue weighted by Gasteiger charge is 2.29. The van der Waals surface area contributed by atoms with Gasteiger partial charge in [0.1, 0.15) is 4.90 Å². The standard InChI is InChI=1S/C11H17ClN4O2S/c1-8-3-2-4-16(7-8)19(17,18)9-5-10(12)11(15-13)14-6-9/h5-6,8H,2-4,7,13H2,1H3,(H,14,15). The summed E-state index contributed by atoms with van der Waals surface area (Å²) in [6, 6.07) is 1.37. The molecular weight excluding hydrogens is 288 g/mol. The average molecular weight is 305 g/mol. The molecule has 1 fully saturated rings. The van der Waals surface area contributed by atoms with Crippen molar-refractivity contribution in [2.24, 2.45) is 11.8 Å². The minimum Gasteiger partial charge on any atom is -0.307 e. The summed E-state index contributed by atoms with van der Waals surface area (Å²) in [6.45, 7) is 3.13. The summed E-state index contributed by atoms with van der Waals surface area (Å²) in [5, 5.41) is 0.189. The van der Waals surface area contributed by atoms with Crippen LogP contribution in [0.4, 0.5) is 5.82 Å². The van der Waals surface area contributed by atoms with Crippen LogP contribution in [-0.4, -0.2) is 30.8 Å². The van der Waals surface area contributed by atoms with Crippen molar-refractivity contribution in [2.75, 3.05) is 18.5 Å². The van der Waals surface area contributed by atoms with Gasteiger partial charge in [0.2, 0.25) is 10.0 Å². The van der Waals surface area contributed by atoms with E-state index in [0.717, 1.165) is 12.8 Å². The number of nitrogens with one attached hydrogen (secondary N) is 1. The Balaban J connectivity index is 2.31. The van der Waals surface area contributed by atoms with Gasteiger partial charge in [-0.3, -0.25) is 0 Å². The monoisotopic (exact) mass is 304 g/mol. The van der Waals surface area contributed by atoms with E-state index >= 15 is 0 Å². The lowest BCUT2D eigenvalue weighted by Gasteiger charge is -2.29. The Morgan fingerprint density at radius 2 is 2.32 bits per heavy atom. The number of piperidine rings is 1. The number of hydrazine groups is 1. The van der Waals surface area contributed by atoms with Gasteiger partial charge in [0.15, 0.2) is 5.82 Å². The summed E-state index contributed by atoms with van der Waals surface area (Å²) in [5.74, 6) is 5.84. The molecule has 0 aromatic carbocycles. The Morgan fingerprint density at radius 3 is 2.89 bits per heavy atom. The maximum atomic E-state index is 12.5. The first-order valence-electron chi connectivity index (χ1n) is 6.07. The number of hydrogen-bond donors (Lipinski definition) is 2. The van der Waals surface area contributed by atoms with Crippen LogP contribution in [0.2, 0.25) is 5.02 Å². The van der Waals surface area contributed by atoms with Gasteiger partial charge < -0.3 is 5.43 Å². The highest BCUT2D eigenvalue weighted by atomic mass is 35.5. The fraction of sp³-hybridized carbons (Fsp3) is 0.545. The molecule has 8 heteroatoms. The first kappa shape index (κ1) is 14.5. The molecule has 1 saturated heterocycles. The van der Waals surface area contributed by atoms with Crippen molar-refractivity contribution in [3.8, 4) is 0 Å². The normalized spacial score (nSPS) is 21.3. The highest BCUT2D eigenvalue weighted by molar-refractivity contribution is 7.89. The van der Waals surface area contributed by atoms with E-state index in [2.05, 4.69) is 10.4 Å². The number of pyridine rings is 1. The van der Waals surface area contributed by atoms with E-state index in [1.54, 1.807) is 0 Å². The highest BCUT2D eigenvalue weighted by Crippen LogP contribution is 2.26. The largest absolute Gasteiger partial charge is 0.307 e. The van der Waals surface area contributed by atoms with Crippen LogP contribution in [0.15, 0.2) is 17.2 Å². The molecule has 3 N–H and O–H groups in total. The topological polar surface area (TPSA) is 88.3 Å². The Hall–Kier alpha value is -0.890. The predicted octanol–water partition coefficient (Wildman–Crippen LogP) is 1.44. The summed E-state index contributed by atoms with van der Waals surface area (Å²) in [6.07, 6.45) is 3.21. The van der Waals surface area contributed by atoms with E-state index in [0.29, 0.717) is 19.0 Å². The third kappa shape index (κ3) is 3.00. The van der Waals surface area contributed by atoms with Gasteiger partial charge in [-0.2, -0.15) is 4.31 Å². The lowest BCUT2D eigenvalue weighted by molar-refractivity contribution is 0.281. The number of hydrogen-bond acceptors (Lipinski definition) is 5. The number of nitrogens with zero attached hydrogens (tertiary/aromatic N) is 2. The summed E-state index contributed by atoms with van der Waals surface area (Å²) in [7, 11) is -3.52. The van der Waals surface area contributed by atoms with Crippen LogP contribution < -0.4 is 11.3 Å². The fourth-order valence-electron chi connectivity index (χ4n) is 2.18. The van der Waals surface area contributed by atoms with Crippen LogP contribution in [-0.2, 0) is 10.0 Å². The van der Waals surface area contributed by atoms with Crippen LogP contribution >= 0.6 is 11.6 Å². The lowest BCUT2D eigenvalue weighted by Crippen LogP contribution is -2.39. The number of halogens is 1. The maximum absolute atomic E-state index is 12.5. The van der Waals surface area contributed by atoms with Crippen molar-refractivity contribution in [3.63, 3.8) is 0 Å². The van der Waals surface area contributed by atoms with Crippen molar-refractivity contribution in [3.05, 3.63) is 17.3 Å². The second kappa shape index (κ2) is 5.62. The molecule has 6 nitrogen and oxygen atoms in total. The van der Waals surface area contributed by atoms with Crippen LogP contribution in [0, 0.1) is 5.92 Å². The van der Waals surface area contributed by atoms with E-state index < -0.39 is 10.0 Å². The molecule has 19 heavy (non-hydrogen) atoms. The zero-order valence-electron chi connectivity index (χ0n) is 10.6. The lowest BCUT2D eigenvalue weighted by atomic mass is 10.0. The SMILES string of the molecule is CC1CCCN(S(=O)(=O)c2cnc(NN)c(Cl)c2)C1. The Kier molecular flexibility index (Phi) is 4.29. The van der Waals surface area contributed by atoms with Crippen molar-refractivity contribution >= 4 is 27.4 Å². The van der Waals surface area contributed by atoms with Crippen LogP contribution in [0.5, 0.6) is 0 Å². The molecule has 0 amide bonds. The average Bonchev–Trinajstić information content (AvgIpc) is 2.38. The quantitative estimate of drug-likeness (QED) is 0.651. The van der Waals surface area contributed by atoms with E-state index in [1.165, 1.54) is 16.6 Å². The molecule has 0 saturated carbocycles. The first-order chi connectivity index (χ1) is 8.95. The van der Waals surface area contributed by atoms with Gasteiger partial charge in [-0.05, 0) is 24.8 Å². The third-order valence-electron chi connectivity index (χ3n) is 3.21. The van der Waals surface area contributed by atoms with Gasteiger partial charge in [-0.1, -0.05) is 18.5 Å². The molecule has 1 aliphatic rings.